The molecule has 0 spiro atoms. The van der Waals surface area contributed by atoms with Gasteiger partial charge in [-0.05, 0) is 134 Å². The molecule has 0 saturated heterocycles. The molecule has 0 bridgehead atoms. The van der Waals surface area contributed by atoms with Crippen LogP contribution in [0.2, 0.25) is 0 Å². The molecule has 1 aliphatic carbocycles. The van der Waals surface area contributed by atoms with E-state index in [4.69, 9.17) is 15.9 Å². The Hall–Kier alpha value is -4.18. The molecule has 9 aromatic rings. The summed E-state index contributed by atoms with van der Waals surface area (Å²) in [5.74, 6) is -1.70. The Bertz CT molecular complexity index is 6300. The van der Waals surface area contributed by atoms with E-state index in [-0.39, 0.29) is 271 Å². The number of anilines is 4. The third-order valence-electron chi connectivity index (χ3n) is 15.6. The van der Waals surface area contributed by atoms with Crippen molar-refractivity contribution >= 4 is 168 Å². The number of nitrogen functional groups attached to an aromatic ring is 2. The van der Waals surface area contributed by atoms with Gasteiger partial charge in [-0.3, -0.25) is 14.9 Å². The summed E-state index contributed by atoms with van der Waals surface area (Å²) in [7, 11) is -25.1. The van der Waals surface area contributed by atoms with Crippen molar-refractivity contribution in [1.29, 1.82) is 0 Å². The van der Waals surface area contributed by atoms with Crippen molar-refractivity contribution in [3.05, 3.63) is 175 Å². The molecule has 0 radical (unpaired) electrons. The predicted molar refractivity (Wildman–Crippen MR) is 384 cm³/mol. The van der Waals surface area contributed by atoms with Crippen LogP contribution in [0.15, 0.2) is 228 Å². The fraction of sp³-hybridized carbons (Fsp3) is 0.108. The van der Waals surface area contributed by atoms with Crippen molar-refractivity contribution in [3.63, 3.8) is 0 Å². The standard InChI is InChI=1S/C25H26N2O7S2.C23H17N3O11S3.C17H16N4O9S3.6Na/c1-5-27(6-2)17-8-11-20-23(14-17)34-22-13-16(26(3)4)7-10-19(22)25(20)21-12-9-18(35(28,29)30)15-24(21)36(31,32)33;27-22-20-14(10-15(39(30,31)32)12-17(20)24-23(28)13-6-2-1-3-7-13)11-18(38-37-36-29)21(22)26-25-16-8-4-5-9-19(16)40(33,34)35;1-32(24,25)14-6-9(18)2-3-11(14)20-21-17-15-8(5-13(16(17)19)31-30-29-23)4-10(7-12(15)22)33(26,27)28;;;;;;/h7-15H,5-6H2,1-4H3,(H-,28,29,30,31,32,33);1-12,27,29H,(H,24,28)(H,30,31,32)(H,33,34,35);2-7,22-23H,18-19H2,1H3,(H,26,27,28);;;;;;/q;;;6*+1/p-6. The monoisotopic (exact) mass is 1790 g/mol. The quantitative estimate of drug-likeness (QED) is 0.00484. The van der Waals surface area contributed by atoms with Crippen molar-refractivity contribution in [3.8, 4) is 33.9 Å². The molecule has 115 heavy (non-hydrogen) atoms. The number of carbonyl (C=O) groups excluding carboxylic acids is 1. The Kier molecular flexibility index (Phi) is 40.2. The van der Waals surface area contributed by atoms with Crippen LogP contribution in [0.25, 0.3) is 55.0 Å². The van der Waals surface area contributed by atoms with Gasteiger partial charge in [0.25, 0.3) is 5.91 Å². The van der Waals surface area contributed by atoms with E-state index in [0.717, 1.165) is 72.9 Å². The minimum absolute atomic E-state index is 0. The molecule has 1 aliphatic heterocycles. The minimum atomic E-state index is -5.15. The van der Waals surface area contributed by atoms with E-state index in [1.807, 2.05) is 50.7 Å². The predicted octanol–water partition coefficient (Wildman–Crippen LogP) is -10.2. The number of aromatic hydroxyl groups is 2. The second-order valence-corrected chi connectivity index (χ2v) is 33.1. The number of carbonyl (C=O) groups is 1. The Morgan fingerprint density at radius 2 is 1.07 bits per heavy atom. The average Bonchev–Trinajstić information content (AvgIpc) is 0.744. The molecule has 0 unspecified atom stereocenters. The van der Waals surface area contributed by atoms with Gasteiger partial charge in [0.05, 0.1) is 86.1 Å². The van der Waals surface area contributed by atoms with Gasteiger partial charge in [-0.25, -0.2) is 55.1 Å². The van der Waals surface area contributed by atoms with Gasteiger partial charge in [0, 0.05) is 75.9 Å². The summed E-state index contributed by atoms with van der Waals surface area (Å²) < 4.78 is 217. The zero-order valence-electron chi connectivity index (χ0n) is 62.2. The van der Waals surface area contributed by atoms with Gasteiger partial charge < -0.3 is 69.6 Å². The summed E-state index contributed by atoms with van der Waals surface area (Å²) in [5.41, 5.74) is 12.6. The van der Waals surface area contributed by atoms with Crippen molar-refractivity contribution in [2.75, 3.05) is 55.1 Å². The number of sulfone groups is 1. The molecule has 1 heterocycles. The molecular weight excluding hydrogens is 1730 g/mol. The molecular formula is C65H53N9Na6O27S8. The topological polar surface area (TPSA) is 594 Å². The smallest absolute Gasteiger partial charge is 0.744 e. The van der Waals surface area contributed by atoms with E-state index in [2.05, 4.69) is 49.4 Å². The molecule has 2 aliphatic rings. The first-order chi connectivity index (χ1) is 51.1. The van der Waals surface area contributed by atoms with E-state index in [1.54, 1.807) is 36.4 Å². The number of phenols is 2. The van der Waals surface area contributed by atoms with Crippen LogP contribution in [0, 0.1) is 0 Å². The van der Waals surface area contributed by atoms with Crippen LogP contribution in [0.1, 0.15) is 24.2 Å². The van der Waals surface area contributed by atoms with Crippen LogP contribution in [-0.2, 0) is 79.2 Å². The molecule has 36 nitrogen and oxygen atoms in total. The third-order valence-corrected chi connectivity index (χ3v) is 22.2. The maximum Gasteiger partial charge on any atom is 1.00 e. The molecule has 1 amide bonds. The fourth-order valence-electron chi connectivity index (χ4n) is 10.7. The van der Waals surface area contributed by atoms with Crippen LogP contribution < -0.4 is 219 Å². The maximum atomic E-state index is 12.8. The number of nitrogens with one attached hydrogen (secondary N) is 1. The van der Waals surface area contributed by atoms with E-state index in [1.165, 1.54) is 54.6 Å². The summed E-state index contributed by atoms with van der Waals surface area (Å²) >= 11 is 0.551. The molecule has 7 N–H and O–H groups in total. The van der Waals surface area contributed by atoms with Crippen LogP contribution >= 0.6 is 24.1 Å². The van der Waals surface area contributed by atoms with Crippen molar-refractivity contribution in [2.24, 2.45) is 20.5 Å². The molecule has 0 atom stereocenters. The van der Waals surface area contributed by atoms with E-state index in [9.17, 15) is 98.8 Å². The first-order valence-corrected chi connectivity index (χ1v) is 40.8. The Morgan fingerprint density at radius 3 is 1.63 bits per heavy atom. The van der Waals surface area contributed by atoms with Gasteiger partial charge in [0.15, 0.2) is 15.6 Å². The Morgan fingerprint density at radius 1 is 0.539 bits per heavy atom. The minimum Gasteiger partial charge on any atom is -0.744 e. The summed E-state index contributed by atoms with van der Waals surface area (Å²) in [6.45, 7) is 5.57. The second-order valence-electron chi connectivity index (χ2n) is 22.8. The normalized spacial score (nSPS) is 11.7. The summed E-state index contributed by atoms with van der Waals surface area (Å²) in [6.07, 6.45) is 0.943. The Balaban J connectivity index is 0.000000437. The first kappa shape index (κ1) is 105. The molecule has 0 aromatic heterocycles. The fourth-order valence-corrected chi connectivity index (χ4v) is 15.4. The number of rotatable bonds is 22. The number of hydrogen-bond donors (Lipinski definition) is 5. The van der Waals surface area contributed by atoms with Crippen LogP contribution in [0.5, 0.6) is 11.5 Å². The third kappa shape index (κ3) is 26.2. The molecule has 574 valence electrons. The first-order valence-electron chi connectivity index (χ1n) is 30.3. The second kappa shape index (κ2) is 44.1. The van der Waals surface area contributed by atoms with Gasteiger partial charge in [0.1, 0.15) is 105 Å². The van der Waals surface area contributed by atoms with Gasteiger partial charge >= 0.3 is 177 Å². The van der Waals surface area contributed by atoms with Crippen LogP contribution in [0.3, 0.4) is 0 Å². The molecule has 50 heteroatoms. The number of hydrogen-bond acceptors (Lipinski definition) is 36. The van der Waals surface area contributed by atoms with E-state index in [0.29, 0.717) is 52.0 Å². The van der Waals surface area contributed by atoms with Crippen LogP contribution in [-0.4, -0.2) is 123 Å². The number of phenolic OH excluding ortho intramolecular Hbond substituents is 2. The SMILES string of the molecule is CCN(CC)c1ccc2c(-c3ccc(S(=O)(=O)[O-])cc3S(=O)(=O)[O-])c3ccc(=[N+](C)C)cc-3oc2c1.CS(=O)(=O)c1cc(N)ccc1N=Nc1c(N)c(SOO[O-])cc2cc(S(=O)(=O)[O-])cc(O)c12.O=C(Nc1cc(S(=O)(=O)[O-])cc2cc(SOO[O-])c(N=Nc3ccccc3S(=O)(=O)[O-])c(O)c12)c1ccccc1.[Na+].[Na+].[Na+].[Na+].[Na+].[Na+]. The van der Waals surface area contributed by atoms with Crippen molar-refractivity contribution in [1.82, 2.24) is 4.58 Å². The van der Waals surface area contributed by atoms with E-state index < -0.39 is 108 Å². The zero-order valence-corrected chi connectivity index (χ0v) is 80.7. The van der Waals surface area contributed by atoms with Gasteiger partial charge in [0.2, 0.25) is 5.36 Å². The van der Waals surface area contributed by atoms with Crippen LogP contribution in [0.4, 0.5) is 45.5 Å². The number of nitrogens with zero attached hydrogens (tertiary/aromatic N) is 6. The van der Waals surface area contributed by atoms with Gasteiger partial charge in [-0.1, -0.05) is 36.4 Å². The number of amides is 1. The van der Waals surface area contributed by atoms with Gasteiger partial charge in [-0.2, -0.15) is 8.67 Å². The molecule has 11 rings (SSSR count). The van der Waals surface area contributed by atoms with E-state index >= 15 is 0 Å². The Labute approximate surface area is 798 Å². The molecule has 9 aromatic carbocycles. The van der Waals surface area contributed by atoms with Crippen molar-refractivity contribution in [2.45, 2.75) is 53.0 Å². The number of azo groups is 2. The van der Waals surface area contributed by atoms with Crippen molar-refractivity contribution < 1.29 is 299 Å². The summed E-state index contributed by atoms with van der Waals surface area (Å²) in [6, 6.07) is 35.8. The largest absolute Gasteiger partial charge is 1.00 e. The zero-order chi connectivity index (χ0) is 80.0. The van der Waals surface area contributed by atoms with Gasteiger partial charge in [-0.15, -0.1) is 20.5 Å². The maximum absolute atomic E-state index is 12.8. The number of nitrogens with two attached hydrogens (primary N) is 2. The number of benzene rings is 10. The summed E-state index contributed by atoms with van der Waals surface area (Å²) in [5, 5.41) is 67.7. The average molecular weight is 1790 g/mol. The molecule has 0 fully saturated rings. The molecule has 0 saturated carbocycles. The summed E-state index contributed by atoms with van der Waals surface area (Å²) in [4.78, 5) is 10.7. The number of fused-ring (bicyclic) bond motifs is 4.